The molecule has 0 spiro atoms. The Hall–Kier alpha value is -1.62. The zero-order valence-electron chi connectivity index (χ0n) is 8.94. The van der Waals surface area contributed by atoms with Crippen LogP contribution in [0.1, 0.15) is 23.2 Å². The molecular weight excluding hydrogens is 206 g/mol. The maximum absolute atomic E-state index is 11.8. The number of aromatic nitrogens is 1. The number of piperidine rings is 1. The zero-order chi connectivity index (χ0) is 11.4. The average Bonchev–Trinajstić information content (AvgIpc) is 2.31. The number of aromatic hydroxyl groups is 1. The van der Waals surface area contributed by atoms with E-state index >= 15 is 0 Å². The van der Waals surface area contributed by atoms with Crippen LogP contribution < -0.4 is 10.6 Å². The Morgan fingerprint density at radius 2 is 2.50 bits per heavy atom. The van der Waals surface area contributed by atoms with E-state index in [9.17, 15) is 9.90 Å². The summed E-state index contributed by atoms with van der Waals surface area (Å²) >= 11 is 0. The van der Waals surface area contributed by atoms with Crippen LogP contribution in [-0.2, 0) is 0 Å². The molecule has 1 aromatic heterocycles. The van der Waals surface area contributed by atoms with Gasteiger partial charge in [-0.3, -0.25) is 9.78 Å². The van der Waals surface area contributed by atoms with Gasteiger partial charge in [0.1, 0.15) is 5.75 Å². The average molecular weight is 221 g/mol. The van der Waals surface area contributed by atoms with Crippen molar-refractivity contribution >= 4 is 5.91 Å². The minimum Gasteiger partial charge on any atom is -0.505 e. The first-order valence-electron chi connectivity index (χ1n) is 5.42. The molecule has 0 aliphatic carbocycles. The molecule has 1 fully saturated rings. The first-order valence-corrected chi connectivity index (χ1v) is 5.42. The first kappa shape index (κ1) is 10.9. The van der Waals surface area contributed by atoms with Gasteiger partial charge in [-0.15, -0.1) is 0 Å². The molecule has 1 atom stereocenters. The van der Waals surface area contributed by atoms with Crippen LogP contribution in [0.3, 0.4) is 0 Å². The molecule has 0 bridgehead atoms. The van der Waals surface area contributed by atoms with E-state index in [2.05, 4.69) is 15.6 Å². The van der Waals surface area contributed by atoms with E-state index in [-0.39, 0.29) is 23.3 Å². The summed E-state index contributed by atoms with van der Waals surface area (Å²) < 4.78 is 0. The molecule has 0 aromatic carbocycles. The summed E-state index contributed by atoms with van der Waals surface area (Å²) in [7, 11) is 0. The Balaban J connectivity index is 2.00. The fourth-order valence-corrected chi connectivity index (χ4v) is 1.82. The minimum atomic E-state index is -0.242. The summed E-state index contributed by atoms with van der Waals surface area (Å²) in [5, 5.41) is 15.6. The van der Waals surface area contributed by atoms with E-state index in [1.807, 2.05) is 0 Å². The monoisotopic (exact) mass is 221 g/mol. The number of carbonyl (C=O) groups excluding carboxylic acids is 1. The maximum Gasteiger partial charge on any atom is 0.255 e. The molecule has 5 heteroatoms. The molecule has 2 heterocycles. The van der Waals surface area contributed by atoms with Gasteiger partial charge in [0, 0.05) is 18.8 Å². The van der Waals surface area contributed by atoms with E-state index in [1.54, 1.807) is 0 Å². The van der Waals surface area contributed by atoms with Crippen molar-refractivity contribution in [2.24, 2.45) is 0 Å². The molecule has 86 valence electrons. The molecule has 1 aliphatic heterocycles. The van der Waals surface area contributed by atoms with Crippen molar-refractivity contribution in [1.29, 1.82) is 0 Å². The molecule has 1 saturated heterocycles. The lowest BCUT2D eigenvalue weighted by atomic mass is 10.1. The highest BCUT2D eigenvalue weighted by Crippen LogP contribution is 2.14. The third-order valence-electron chi connectivity index (χ3n) is 2.68. The summed E-state index contributed by atoms with van der Waals surface area (Å²) in [6.45, 7) is 1.80. The van der Waals surface area contributed by atoms with E-state index in [0.717, 1.165) is 25.9 Å². The van der Waals surface area contributed by atoms with E-state index in [0.29, 0.717) is 0 Å². The van der Waals surface area contributed by atoms with Crippen molar-refractivity contribution in [3.05, 3.63) is 24.0 Å². The molecule has 3 N–H and O–H groups in total. The summed E-state index contributed by atoms with van der Waals surface area (Å²) in [6.07, 6.45) is 4.81. The Morgan fingerprint density at radius 3 is 3.19 bits per heavy atom. The highest BCUT2D eigenvalue weighted by Gasteiger charge is 2.17. The van der Waals surface area contributed by atoms with Crippen LogP contribution in [0.25, 0.3) is 0 Å². The molecule has 1 aliphatic rings. The molecule has 1 amide bonds. The fraction of sp³-hybridized carbons (Fsp3) is 0.455. The summed E-state index contributed by atoms with van der Waals surface area (Å²) in [6, 6.07) is 1.66. The van der Waals surface area contributed by atoms with Crippen LogP contribution in [0.2, 0.25) is 0 Å². The molecule has 16 heavy (non-hydrogen) atoms. The second kappa shape index (κ2) is 4.94. The first-order chi connectivity index (χ1) is 7.77. The SMILES string of the molecule is O=C(N[C@H]1CCCNC1)c1ccncc1O. The van der Waals surface area contributed by atoms with Crippen LogP contribution in [0.5, 0.6) is 5.75 Å². The van der Waals surface area contributed by atoms with Crippen LogP contribution in [0.15, 0.2) is 18.5 Å². The molecule has 1 aromatic rings. The predicted molar refractivity (Wildman–Crippen MR) is 59.3 cm³/mol. The minimum absolute atomic E-state index is 0.0798. The quantitative estimate of drug-likeness (QED) is 0.670. The Labute approximate surface area is 93.9 Å². The number of nitrogens with zero attached hydrogens (tertiary/aromatic N) is 1. The van der Waals surface area contributed by atoms with Gasteiger partial charge in [-0.05, 0) is 25.5 Å². The second-order valence-corrected chi connectivity index (χ2v) is 3.91. The van der Waals surface area contributed by atoms with Crippen LogP contribution >= 0.6 is 0 Å². The summed E-state index contributed by atoms with van der Waals surface area (Å²) in [5.74, 6) is -0.322. The Morgan fingerprint density at radius 1 is 1.62 bits per heavy atom. The highest BCUT2D eigenvalue weighted by atomic mass is 16.3. The molecule has 2 rings (SSSR count). The molecule has 5 nitrogen and oxygen atoms in total. The van der Waals surface area contributed by atoms with Crippen molar-refractivity contribution in [2.75, 3.05) is 13.1 Å². The van der Waals surface area contributed by atoms with E-state index < -0.39 is 0 Å². The van der Waals surface area contributed by atoms with Gasteiger partial charge in [-0.25, -0.2) is 0 Å². The number of carbonyl (C=O) groups is 1. The Kier molecular flexibility index (Phi) is 3.36. The van der Waals surface area contributed by atoms with Gasteiger partial charge in [-0.2, -0.15) is 0 Å². The van der Waals surface area contributed by atoms with Crippen LogP contribution in [-0.4, -0.2) is 35.1 Å². The lowest BCUT2D eigenvalue weighted by molar-refractivity contribution is 0.0928. The van der Waals surface area contributed by atoms with Crippen molar-refractivity contribution in [1.82, 2.24) is 15.6 Å². The van der Waals surface area contributed by atoms with Crippen LogP contribution in [0, 0.1) is 0 Å². The second-order valence-electron chi connectivity index (χ2n) is 3.91. The topological polar surface area (TPSA) is 74.2 Å². The van der Waals surface area contributed by atoms with Gasteiger partial charge in [0.15, 0.2) is 0 Å². The van der Waals surface area contributed by atoms with Gasteiger partial charge in [0.25, 0.3) is 5.91 Å². The number of hydrogen-bond donors (Lipinski definition) is 3. The van der Waals surface area contributed by atoms with Crippen molar-refractivity contribution in [3.63, 3.8) is 0 Å². The maximum atomic E-state index is 11.8. The lowest BCUT2D eigenvalue weighted by Gasteiger charge is -2.23. The highest BCUT2D eigenvalue weighted by molar-refractivity contribution is 5.96. The largest absolute Gasteiger partial charge is 0.505 e. The predicted octanol–water partition coefficient (Wildman–Crippen LogP) is 0.269. The van der Waals surface area contributed by atoms with Crippen molar-refractivity contribution in [3.8, 4) is 5.75 Å². The van der Waals surface area contributed by atoms with Gasteiger partial charge in [0.2, 0.25) is 0 Å². The molecular formula is C11H15N3O2. The third-order valence-corrected chi connectivity index (χ3v) is 2.68. The zero-order valence-corrected chi connectivity index (χ0v) is 8.94. The number of pyridine rings is 1. The smallest absolute Gasteiger partial charge is 0.255 e. The third kappa shape index (κ3) is 2.49. The van der Waals surface area contributed by atoms with Gasteiger partial charge in [-0.1, -0.05) is 0 Å². The van der Waals surface area contributed by atoms with Crippen molar-refractivity contribution < 1.29 is 9.90 Å². The molecule has 0 radical (unpaired) electrons. The van der Waals surface area contributed by atoms with Gasteiger partial charge in [0.05, 0.1) is 11.8 Å². The number of rotatable bonds is 2. The normalized spacial score (nSPS) is 20.4. The molecule has 0 unspecified atom stereocenters. The van der Waals surface area contributed by atoms with Gasteiger partial charge >= 0.3 is 0 Å². The summed E-state index contributed by atoms with van der Waals surface area (Å²) in [5.41, 5.74) is 0.278. The lowest BCUT2D eigenvalue weighted by Crippen LogP contribution is -2.45. The van der Waals surface area contributed by atoms with Crippen molar-refractivity contribution in [2.45, 2.75) is 18.9 Å². The summed E-state index contributed by atoms with van der Waals surface area (Å²) in [4.78, 5) is 15.5. The number of nitrogens with one attached hydrogen (secondary N) is 2. The van der Waals surface area contributed by atoms with Gasteiger partial charge < -0.3 is 15.7 Å². The standard InChI is InChI=1S/C11H15N3O2/c15-10-7-13-5-3-9(10)11(16)14-8-2-1-4-12-6-8/h3,5,7-8,12,15H,1-2,4,6H2,(H,14,16)/t8-/m0/s1. The van der Waals surface area contributed by atoms with E-state index in [4.69, 9.17) is 0 Å². The Bertz CT molecular complexity index is 375. The fourth-order valence-electron chi connectivity index (χ4n) is 1.82. The number of hydrogen-bond acceptors (Lipinski definition) is 4. The van der Waals surface area contributed by atoms with E-state index in [1.165, 1.54) is 18.5 Å². The number of amides is 1. The molecule has 0 saturated carbocycles. The van der Waals surface area contributed by atoms with Crippen LogP contribution in [0.4, 0.5) is 0 Å².